The van der Waals surface area contributed by atoms with Gasteiger partial charge in [0.15, 0.2) is 0 Å². The molecule has 1 aromatic rings. The molecule has 1 aliphatic carbocycles. The molecule has 94 valence electrons. The Morgan fingerprint density at radius 3 is 2.76 bits per heavy atom. The normalized spacial score (nSPS) is 17.2. The van der Waals surface area contributed by atoms with Crippen LogP contribution in [0.4, 0.5) is 0 Å². The van der Waals surface area contributed by atoms with Crippen LogP contribution >= 0.6 is 0 Å². The van der Waals surface area contributed by atoms with Crippen LogP contribution in [0.1, 0.15) is 54.1 Å². The topological polar surface area (TPSA) is 51.5 Å². The van der Waals surface area contributed by atoms with E-state index in [1.54, 1.807) is 13.2 Å². The Labute approximate surface area is 101 Å². The van der Waals surface area contributed by atoms with Crippen LogP contribution in [0.15, 0.2) is 12.3 Å². The summed E-state index contributed by atoms with van der Waals surface area (Å²) in [4.78, 5) is 11.2. The van der Waals surface area contributed by atoms with Gasteiger partial charge in [0.2, 0.25) is 0 Å². The maximum absolute atomic E-state index is 11.2. The van der Waals surface area contributed by atoms with Gasteiger partial charge in [-0.3, -0.25) is 0 Å². The van der Waals surface area contributed by atoms with Crippen molar-refractivity contribution in [2.45, 2.75) is 44.8 Å². The highest BCUT2D eigenvalue weighted by molar-refractivity contribution is 5.89. The van der Waals surface area contributed by atoms with Crippen molar-refractivity contribution in [2.75, 3.05) is 7.11 Å². The van der Waals surface area contributed by atoms with E-state index < -0.39 is 5.97 Å². The van der Waals surface area contributed by atoms with Crippen molar-refractivity contribution in [2.24, 2.45) is 0 Å². The number of methoxy groups -OCH3 is 1. The summed E-state index contributed by atoms with van der Waals surface area (Å²) < 4.78 is 7.05. The fourth-order valence-electron chi connectivity index (χ4n) is 2.75. The van der Waals surface area contributed by atoms with Crippen LogP contribution in [0, 0.1) is 0 Å². The highest BCUT2D eigenvalue weighted by atomic mass is 16.5. The maximum Gasteiger partial charge on any atom is 0.337 e. The lowest BCUT2D eigenvalue weighted by atomic mass is 9.85. The molecule has 17 heavy (non-hydrogen) atoms. The molecule has 4 heteroatoms. The smallest absolute Gasteiger partial charge is 0.337 e. The number of aromatic nitrogens is 1. The Balaban J connectivity index is 2.32. The summed E-state index contributed by atoms with van der Waals surface area (Å²) in [5.74, 6) is -0.458. The van der Waals surface area contributed by atoms with Gasteiger partial charge in [0, 0.05) is 24.9 Å². The zero-order valence-corrected chi connectivity index (χ0v) is 10.2. The summed E-state index contributed by atoms with van der Waals surface area (Å²) >= 11 is 0. The first-order valence-corrected chi connectivity index (χ1v) is 6.15. The van der Waals surface area contributed by atoms with Crippen molar-refractivity contribution >= 4 is 5.97 Å². The fraction of sp³-hybridized carbons (Fsp3) is 0.615. The molecule has 1 heterocycles. The highest BCUT2D eigenvalue weighted by Gasteiger charge is 2.24. The summed E-state index contributed by atoms with van der Waals surface area (Å²) in [6.45, 7) is 0.430. The Kier molecular flexibility index (Phi) is 3.84. The molecule has 0 spiro atoms. The predicted octanol–water partition coefficient (Wildman–Crippen LogP) is 2.84. The molecule has 4 nitrogen and oxygen atoms in total. The van der Waals surface area contributed by atoms with Gasteiger partial charge in [-0.25, -0.2) is 4.79 Å². The summed E-state index contributed by atoms with van der Waals surface area (Å²) in [6, 6.07) is 1.69. The van der Waals surface area contributed by atoms with E-state index >= 15 is 0 Å². The van der Waals surface area contributed by atoms with E-state index in [2.05, 4.69) is 0 Å². The lowest BCUT2D eigenvalue weighted by Gasteiger charge is -2.24. The monoisotopic (exact) mass is 237 g/mol. The quantitative estimate of drug-likeness (QED) is 0.876. The van der Waals surface area contributed by atoms with Crippen molar-refractivity contribution in [3.05, 3.63) is 23.5 Å². The minimum Gasteiger partial charge on any atom is -0.478 e. The van der Waals surface area contributed by atoms with Gasteiger partial charge in [-0.15, -0.1) is 0 Å². The second-order valence-corrected chi connectivity index (χ2v) is 4.64. The van der Waals surface area contributed by atoms with Crippen molar-refractivity contribution in [1.29, 1.82) is 0 Å². The van der Waals surface area contributed by atoms with E-state index in [9.17, 15) is 9.90 Å². The van der Waals surface area contributed by atoms with E-state index in [0.29, 0.717) is 18.2 Å². The summed E-state index contributed by atoms with van der Waals surface area (Å²) in [5.41, 5.74) is 1.38. The van der Waals surface area contributed by atoms with Crippen LogP contribution < -0.4 is 0 Å². The molecule has 0 radical (unpaired) electrons. The van der Waals surface area contributed by atoms with E-state index in [1.165, 1.54) is 19.3 Å². The van der Waals surface area contributed by atoms with Gasteiger partial charge in [0.25, 0.3) is 0 Å². The minimum absolute atomic E-state index is 0.375. The van der Waals surface area contributed by atoms with Gasteiger partial charge in [-0.2, -0.15) is 0 Å². The van der Waals surface area contributed by atoms with E-state index in [1.807, 2.05) is 10.8 Å². The molecule has 2 rings (SSSR count). The SMILES string of the molecule is COCn1ccc(C(=O)O)c1C1CCCCC1. The Hall–Kier alpha value is -1.29. The highest BCUT2D eigenvalue weighted by Crippen LogP contribution is 2.35. The molecule has 0 unspecified atom stereocenters. The van der Waals surface area contributed by atoms with Crippen molar-refractivity contribution in [1.82, 2.24) is 4.57 Å². The molecule has 0 aromatic carbocycles. The molecule has 0 saturated heterocycles. The van der Waals surface area contributed by atoms with E-state index in [-0.39, 0.29) is 0 Å². The van der Waals surface area contributed by atoms with Gasteiger partial charge in [-0.1, -0.05) is 19.3 Å². The average molecular weight is 237 g/mol. The molecular formula is C13H19NO3. The number of rotatable bonds is 4. The standard InChI is InChI=1S/C13H19NO3/c1-17-9-14-8-7-11(13(15)16)12(14)10-5-3-2-4-6-10/h7-8,10H,2-6,9H2,1H3,(H,15,16). The third-order valence-electron chi connectivity index (χ3n) is 3.50. The third kappa shape index (κ3) is 2.52. The number of nitrogens with zero attached hydrogens (tertiary/aromatic N) is 1. The Bertz CT molecular complexity index is 391. The molecule has 0 amide bonds. The molecule has 0 atom stereocenters. The van der Waals surface area contributed by atoms with Gasteiger partial charge in [-0.05, 0) is 18.9 Å². The zero-order chi connectivity index (χ0) is 12.3. The Morgan fingerprint density at radius 1 is 1.47 bits per heavy atom. The lowest BCUT2D eigenvalue weighted by Crippen LogP contribution is -2.15. The van der Waals surface area contributed by atoms with Crippen LogP contribution in [-0.4, -0.2) is 22.8 Å². The first kappa shape index (κ1) is 12.2. The second-order valence-electron chi connectivity index (χ2n) is 4.64. The van der Waals surface area contributed by atoms with Gasteiger partial charge < -0.3 is 14.4 Å². The first-order valence-electron chi connectivity index (χ1n) is 6.15. The molecule has 1 aromatic heterocycles. The van der Waals surface area contributed by atoms with E-state index in [4.69, 9.17) is 4.74 Å². The number of carboxylic acid groups (broad SMARTS) is 1. The molecule has 1 aliphatic rings. The summed E-state index contributed by atoms with van der Waals surface area (Å²) in [5, 5.41) is 9.22. The van der Waals surface area contributed by atoms with Crippen molar-refractivity contribution in [3.8, 4) is 0 Å². The number of carbonyl (C=O) groups is 1. The van der Waals surface area contributed by atoms with Crippen LogP contribution in [0.5, 0.6) is 0 Å². The van der Waals surface area contributed by atoms with E-state index in [0.717, 1.165) is 18.5 Å². The summed E-state index contributed by atoms with van der Waals surface area (Å²) in [6.07, 6.45) is 7.66. The molecule has 0 aliphatic heterocycles. The largest absolute Gasteiger partial charge is 0.478 e. The average Bonchev–Trinajstić information content (AvgIpc) is 2.74. The molecular weight excluding hydrogens is 218 g/mol. The van der Waals surface area contributed by atoms with Crippen molar-refractivity contribution in [3.63, 3.8) is 0 Å². The summed E-state index contributed by atoms with van der Waals surface area (Å²) in [7, 11) is 1.63. The number of hydrogen-bond acceptors (Lipinski definition) is 2. The maximum atomic E-state index is 11.2. The molecule has 1 N–H and O–H groups in total. The molecule has 1 fully saturated rings. The van der Waals surface area contributed by atoms with Gasteiger partial charge in [0.05, 0.1) is 5.56 Å². The number of ether oxygens (including phenoxy) is 1. The zero-order valence-electron chi connectivity index (χ0n) is 10.2. The second kappa shape index (κ2) is 5.36. The molecule has 1 saturated carbocycles. The first-order chi connectivity index (χ1) is 8.24. The third-order valence-corrected chi connectivity index (χ3v) is 3.50. The predicted molar refractivity (Wildman–Crippen MR) is 64.2 cm³/mol. The lowest BCUT2D eigenvalue weighted by molar-refractivity contribution is 0.0693. The number of hydrogen-bond donors (Lipinski definition) is 1. The molecule has 0 bridgehead atoms. The fourth-order valence-corrected chi connectivity index (χ4v) is 2.75. The van der Waals surface area contributed by atoms with Crippen LogP contribution in [0.25, 0.3) is 0 Å². The minimum atomic E-state index is -0.833. The number of carboxylic acids is 1. The van der Waals surface area contributed by atoms with Gasteiger partial charge >= 0.3 is 5.97 Å². The van der Waals surface area contributed by atoms with Crippen LogP contribution in [0.2, 0.25) is 0 Å². The number of aromatic carboxylic acids is 1. The van der Waals surface area contributed by atoms with Crippen LogP contribution in [0.3, 0.4) is 0 Å². The Morgan fingerprint density at radius 2 is 2.18 bits per heavy atom. The van der Waals surface area contributed by atoms with Gasteiger partial charge in [0.1, 0.15) is 6.73 Å². The van der Waals surface area contributed by atoms with Crippen molar-refractivity contribution < 1.29 is 14.6 Å². The van der Waals surface area contributed by atoms with Crippen LogP contribution in [-0.2, 0) is 11.5 Å².